The number of nitrogens with zero attached hydrogens (tertiary/aromatic N) is 2. The zero-order valence-corrected chi connectivity index (χ0v) is 11.0. The third-order valence-corrected chi connectivity index (χ3v) is 2.64. The van der Waals surface area contributed by atoms with Gasteiger partial charge in [-0.1, -0.05) is 6.07 Å². The van der Waals surface area contributed by atoms with Crippen LogP contribution in [0.5, 0.6) is 0 Å². The first-order valence-corrected chi connectivity index (χ1v) is 5.98. The summed E-state index contributed by atoms with van der Waals surface area (Å²) in [6, 6.07) is 8.72. The van der Waals surface area contributed by atoms with Gasteiger partial charge in [0.2, 0.25) is 0 Å². The van der Waals surface area contributed by atoms with Gasteiger partial charge in [-0.3, -0.25) is 9.78 Å². The van der Waals surface area contributed by atoms with Crippen molar-refractivity contribution in [1.82, 2.24) is 4.98 Å². The van der Waals surface area contributed by atoms with Crippen molar-refractivity contribution in [1.29, 1.82) is 0 Å². The molecule has 1 heterocycles. The topological polar surface area (TPSA) is 106 Å². The van der Waals surface area contributed by atoms with E-state index in [1.54, 1.807) is 30.5 Å². The van der Waals surface area contributed by atoms with E-state index in [0.717, 1.165) is 5.56 Å². The summed E-state index contributed by atoms with van der Waals surface area (Å²) in [4.78, 5) is 19.9. The Bertz CT molecular complexity index is 648. The lowest BCUT2D eigenvalue weighted by Gasteiger charge is -2.07. The molecule has 0 fully saturated rings. The van der Waals surface area contributed by atoms with Gasteiger partial charge in [0.1, 0.15) is 0 Å². The minimum absolute atomic E-state index is 0.0242. The highest BCUT2D eigenvalue weighted by molar-refractivity contribution is 6.04. The molecule has 0 spiro atoms. The average molecular weight is 269 g/mol. The van der Waals surface area contributed by atoms with E-state index in [1.165, 1.54) is 6.20 Å². The van der Waals surface area contributed by atoms with Crippen LogP contribution in [0.4, 0.5) is 11.4 Å². The fraction of sp³-hybridized carbons (Fsp3) is 0.0714. The summed E-state index contributed by atoms with van der Waals surface area (Å²) >= 11 is 0. The van der Waals surface area contributed by atoms with Crippen molar-refractivity contribution < 1.29 is 4.79 Å². The second-order valence-corrected chi connectivity index (χ2v) is 4.23. The Hall–Kier alpha value is -2.89. The molecule has 0 aliphatic carbocycles. The third-order valence-electron chi connectivity index (χ3n) is 2.64. The van der Waals surface area contributed by atoms with Gasteiger partial charge in [0.15, 0.2) is 5.96 Å². The molecule has 20 heavy (non-hydrogen) atoms. The smallest absolute Gasteiger partial charge is 0.257 e. The Balaban J connectivity index is 2.22. The van der Waals surface area contributed by atoms with E-state index in [0.29, 0.717) is 16.9 Å². The second kappa shape index (κ2) is 5.83. The molecular formula is C14H15N5O. The molecule has 0 radical (unpaired) electrons. The van der Waals surface area contributed by atoms with E-state index in [2.05, 4.69) is 15.3 Å². The first kappa shape index (κ1) is 13.5. The van der Waals surface area contributed by atoms with Crippen LogP contribution in [0.15, 0.2) is 47.7 Å². The molecule has 0 saturated heterocycles. The Morgan fingerprint density at radius 3 is 2.75 bits per heavy atom. The fourth-order valence-electron chi connectivity index (χ4n) is 1.65. The Morgan fingerprint density at radius 2 is 2.10 bits per heavy atom. The lowest BCUT2D eigenvalue weighted by Crippen LogP contribution is -2.22. The monoisotopic (exact) mass is 269 g/mol. The number of carbonyl (C=O) groups excluding carboxylic acids is 1. The molecule has 6 heteroatoms. The van der Waals surface area contributed by atoms with Gasteiger partial charge in [0.05, 0.1) is 11.3 Å². The van der Waals surface area contributed by atoms with Gasteiger partial charge in [-0.15, -0.1) is 0 Å². The summed E-state index contributed by atoms with van der Waals surface area (Å²) in [5.74, 6) is -0.263. The highest BCUT2D eigenvalue weighted by Crippen LogP contribution is 2.23. The van der Waals surface area contributed by atoms with Crippen molar-refractivity contribution in [3.8, 4) is 0 Å². The molecule has 5 N–H and O–H groups in total. The van der Waals surface area contributed by atoms with Crippen LogP contribution in [0.1, 0.15) is 15.9 Å². The number of rotatable bonds is 3. The summed E-state index contributed by atoms with van der Waals surface area (Å²) in [7, 11) is 0. The summed E-state index contributed by atoms with van der Waals surface area (Å²) in [5.41, 5.74) is 13.4. The zero-order valence-electron chi connectivity index (χ0n) is 11.0. The maximum absolute atomic E-state index is 12.0. The van der Waals surface area contributed by atoms with Crippen LogP contribution in [0.25, 0.3) is 0 Å². The Morgan fingerprint density at radius 1 is 1.30 bits per heavy atom. The van der Waals surface area contributed by atoms with E-state index in [1.807, 2.05) is 13.0 Å². The number of aromatic nitrogens is 1. The molecule has 0 saturated carbocycles. The number of aryl methyl sites for hydroxylation is 1. The molecular weight excluding hydrogens is 254 g/mol. The van der Waals surface area contributed by atoms with Gasteiger partial charge in [0, 0.05) is 18.1 Å². The van der Waals surface area contributed by atoms with Crippen LogP contribution in [0, 0.1) is 6.92 Å². The van der Waals surface area contributed by atoms with Crippen LogP contribution >= 0.6 is 0 Å². The quantitative estimate of drug-likeness (QED) is 0.580. The van der Waals surface area contributed by atoms with Crippen LogP contribution in [0.2, 0.25) is 0 Å². The van der Waals surface area contributed by atoms with Crippen molar-refractivity contribution in [3.63, 3.8) is 0 Å². The van der Waals surface area contributed by atoms with Crippen molar-refractivity contribution in [2.45, 2.75) is 6.92 Å². The first-order chi connectivity index (χ1) is 9.56. The number of hydrogen-bond donors (Lipinski definition) is 3. The highest BCUT2D eigenvalue weighted by Gasteiger charge is 2.07. The second-order valence-electron chi connectivity index (χ2n) is 4.23. The van der Waals surface area contributed by atoms with Crippen molar-refractivity contribution in [2.75, 3.05) is 5.32 Å². The predicted octanol–water partition coefficient (Wildman–Crippen LogP) is 1.55. The SMILES string of the molecule is Cc1ccc(NC(=O)c2cccnc2)cc1N=C(N)N. The van der Waals surface area contributed by atoms with Gasteiger partial charge >= 0.3 is 0 Å². The standard InChI is InChI=1S/C14H15N5O/c1-9-4-5-11(7-12(9)19-14(15)16)18-13(20)10-3-2-6-17-8-10/h2-8H,1H3,(H,18,20)(H4,15,16,19). The molecule has 6 nitrogen and oxygen atoms in total. The van der Waals surface area contributed by atoms with Crippen LogP contribution in [-0.2, 0) is 0 Å². The van der Waals surface area contributed by atoms with Gasteiger partial charge in [0.25, 0.3) is 5.91 Å². The molecule has 2 aromatic rings. The lowest BCUT2D eigenvalue weighted by atomic mass is 10.1. The van der Waals surface area contributed by atoms with Crippen LogP contribution in [-0.4, -0.2) is 16.9 Å². The van der Waals surface area contributed by atoms with Gasteiger partial charge in [-0.2, -0.15) is 0 Å². The van der Waals surface area contributed by atoms with E-state index in [4.69, 9.17) is 11.5 Å². The molecule has 0 aliphatic rings. The number of nitrogens with two attached hydrogens (primary N) is 2. The van der Waals surface area contributed by atoms with E-state index >= 15 is 0 Å². The molecule has 0 atom stereocenters. The Kier molecular flexibility index (Phi) is 3.95. The maximum atomic E-state index is 12.0. The van der Waals surface area contributed by atoms with Crippen LogP contribution < -0.4 is 16.8 Å². The number of benzene rings is 1. The van der Waals surface area contributed by atoms with E-state index in [-0.39, 0.29) is 11.9 Å². The Labute approximate surface area is 116 Å². The minimum Gasteiger partial charge on any atom is -0.370 e. The molecule has 1 amide bonds. The number of hydrogen-bond acceptors (Lipinski definition) is 3. The largest absolute Gasteiger partial charge is 0.370 e. The average Bonchev–Trinajstić information content (AvgIpc) is 2.43. The number of amides is 1. The first-order valence-electron chi connectivity index (χ1n) is 5.98. The number of carbonyl (C=O) groups is 1. The summed E-state index contributed by atoms with van der Waals surface area (Å²) < 4.78 is 0. The number of nitrogens with one attached hydrogen (secondary N) is 1. The van der Waals surface area contributed by atoms with Crippen molar-refractivity contribution in [3.05, 3.63) is 53.9 Å². The number of anilines is 1. The molecule has 0 aliphatic heterocycles. The predicted molar refractivity (Wildman–Crippen MR) is 78.8 cm³/mol. The summed E-state index contributed by atoms with van der Waals surface area (Å²) in [6.07, 6.45) is 3.11. The molecule has 102 valence electrons. The molecule has 1 aromatic heterocycles. The molecule has 0 unspecified atom stereocenters. The number of pyridine rings is 1. The highest BCUT2D eigenvalue weighted by atomic mass is 16.1. The lowest BCUT2D eigenvalue weighted by molar-refractivity contribution is 0.102. The van der Waals surface area contributed by atoms with Gasteiger partial charge in [-0.05, 0) is 36.8 Å². The summed E-state index contributed by atoms with van der Waals surface area (Å²) in [6.45, 7) is 1.88. The molecule has 2 rings (SSSR count). The number of aliphatic imine (C=N–C) groups is 1. The normalized spacial score (nSPS) is 9.85. The fourth-order valence-corrected chi connectivity index (χ4v) is 1.65. The third kappa shape index (κ3) is 3.32. The number of guanidine groups is 1. The maximum Gasteiger partial charge on any atom is 0.257 e. The molecule has 1 aromatic carbocycles. The van der Waals surface area contributed by atoms with Crippen molar-refractivity contribution in [2.24, 2.45) is 16.5 Å². The minimum atomic E-state index is -0.238. The summed E-state index contributed by atoms with van der Waals surface area (Å²) in [5, 5.41) is 2.77. The van der Waals surface area contributed by atoms with Crippen LogP contribution in [0.3, 0.4) is 0 Å². The zero-order chi connectivity index (χ0) is 14.5. The van der Waals surface area contributed by atoms with Gasteiger partial charge in [-0.25, -0.2) is 4.99 Å². The van der Waals surface area contributed by atoms with E-state index in [9.17, 15) is 4.79 Å². The molecule has 0 bridgehead atoms. The van der Waals surface area contributed by atoms with Gasteiger partial charge < -0.3 is 16.8 Å². The van der Waals surface area contributed by atoms with E-state index < -0.39 is 0 Å². The van der Waals surface area contributed by atoms with Crippen molar-refractivity contribution >= 4 is 23.2 Å².